The standard InChI is InChI=1S/C18H27N3O/c1-2-19-11-13-21(14-12-19)18(22)15-16-5-7-17(8-6-16)20-9-3-4-10-20/h5-8H,2-4,9-15H2,1H3. The zero-order valence-corrected chi connectivity index (χ0v) is 13.6. The van der Waals surface area contributed by atoms with E-state index in [-0.39, 0.29) is 5.91 Å². The van der Waals surface area contributed by atoms with E-state index in [0.717, 1.165) is 38.3 Å². The Morgan fingerprint density at radius 2 is 1.59 bits per heavy atom. The fourth-order valence-corrected chi connectivity index (χ4v) is 3.40. The molecule has 0 N–H and O–H groups in total. The normalized spacial score (nSPS) is 19.7. The van der Waals surface area contributed by atoms with Gasteiger partial charge in [-0.25, -0.2) is 0 Å². The Kier molecular flexibility index (Phi) is 4.98. The van der Waals surface area contributed by atoms with E-state index in [1.807, 2.05) is 4.90 Å². The number of rotatable bonds is 4. The molecule has 0 aromatic heterocycles. The van der Waals surface area contributed by atoms with E-state index >= 15 is 0 Å². The molecular weight excluding hydrogens is 274 g/mol. The van der Waals surface area contributed by atoms with Gasteiger partial charge in [0.25, 0.3) is 0 Å². The van der Waals surface area contributed by atoms with Gasteiger partial charge >= 0.3 is 0 Å². The third-order valence-electron chi connectivity index (χ3n) is 4.94. The number of benzene rings is 1. The summed E-state index contributed by atoms with van der Waals surface area (Å²) >= 11 is 0. The molecule has 4 heteroatoms. The van der Waals surface area contributed by atoms with Crippen molar-refractivity contribution in [1.29, 1.82) is 0 Å². The van der Waals surface area contributed by atoms with Gasteiger partial charge in [0.1, 0.15) is 0 Å². The summed E-state index contributed by atoms with van der Waals surface area (Å²) in [5.41, 5.74) is 2.43. The first-order valence-electron chi connectivity index (χ1n) is 8.60. The predicted molar refractivity (Wildman–Crippen MR) is 90.3 cm³/mol. The summed E-state index contributed by atoms with van der Waals surface area (Å²) in [7, 11) is 0. The fraction of sp³-hybridized carbons (Fsp3) is 0.611. The van der Waals surface area contributed by atoms with Crippen molar-refractivity contribution in [3.05, 3.63) is 29.8 Å². The first-order valence-corrected chi connectivity index (χ1v) is 8.60. The number of hydrogen-bond donors (Lipinski definition) is 0. The molecule has 120 valence electrons. The molecule has 3 rings (SSSR count). The van der Waals surface area contributed by atoms with Crippen molar-refractivity contribution in [3.8, 4) is 0 Å². The minimum Gasteiger partial charge on any atom is -0.372 e. The Morgan fingerprint density at radius 1 is 0.955 bits per heavy atom. The zero-order valence-electron chi connectivity index (χ0n) is 13.6. The molecular formula is C18H27N3O. The highest BCUT2D eigenvalue weighted by molar-refractivity contribution is 5.79. The summed E-state index contributed by atoms with van der Waals surface area (Å²) in [6.07, 6.45) is 3.13. The maximum absolute atomic E-state index is 12.4. The van der Waals surface area contributed by atoms with E-state index in [2.05, 4.69) is 41.0 Å². The second-order valence-corrected chi connectivity index (χ2v) is 6.35. The molecule has 0 aliphatic carbocycles. The Bertz CT molecular complexity index is 486. The minimum atomic E-state index is 0.268. The topological polar surface area (TPSA) is 26.8 Å². The molecule has 2 fully saturated rings. The molecule has 0 bridgehead atoms. The lowest BCUT2D eigenvalue weighted by molar-refractivity contribution is -0.132. The average molecular weight is 301 g/mol. The van der Waals surface area contributed by atoms with Crippen LogP contribution in [0.1, 0.15) is 25.3 Å². The molecule has 0 saturated carbocycles. The van der Waals surface area contributed by atoms with E-state index in [1.165, 1.54) is 31.6 Å². The smallest absolute Gasteiger partial charge is 0.227 e. The van der Waals surface area contributed by atoms with Gasteiger partial charge in [0.05, 0.1) is 6.42 Å². The highest BCUT2D eigenvalue weighted by atomic mass is 16.2. The Labute approximate surface area is 133 Å². The number of piperazine rings is 1. The van der Waals surface area contributed by atoms with E-state index in [1.54, 1.807) is 0 Å². The van der Waals surface area contributed by atoms with Crippen LogP contribution in [0.25, 0.3) is 0 Å². The summed E-state index contributed by atoms with van der Waals surface area (Å²) in [6.45, 7) is 9.36. The summed E-state index contributed by atoms with van der Waals surface area (Å²) in [6, 6.07) is 8.58. The SMILES string of the molecule is CCN1CCN(C(=O)Cc2ccc(N3CCCC3)cc2)CC1. The molecule has 4 nitrogen and oxygen atoms in total. The molecule has 1 aromatic carbocycles. The van der Waals surface area contributed by atoms with E-state index in [0.29, 0.717) is 6.42 Å². The molecule has 0 radical (unpaired) electrons. The molecule has 2 saturated heterocycles. The number of hydrogen-bond acceptors (Lipinski definition) is 3. The van der Waals surface area contributed by atoms with Gasteiger partial charge < -0.3 is 14.7 Å². The second-order valence-electron chi connectivity index (χ2n) is 6.35. The van der Waals surface area contributed by atoms with Crippen molar-refractivity contribution in [2.45, 2.75) is 26.2 Å². The van der Waals surface area contributed by atoms with Crippen LogP contribution in [0, 0.1) is 0 Å². The summed E-state index contributed by atoms with van der Waals surface area (Å²) in [5.74, 6) is 0.268. The molecule has 2 aliphatic rings. The van der Waals surface area contributed by atoms with Gasteiger partial charge in [-0.2, -0.15) is 0 Å². The Morgan fingerprint density at radius 3 is 2.18 bits per heavy atom. The average Bonchev–Trinajstić information content (AvgIpc) is 3.10. The summed E-state index contributed by atoms with van der Waals surface area (Å²) < 4.78 is 0. The minimum absolute atomic E-state index is 0.268. The van der Waals surface area contributed by atoms with E-state index in [9.17, 15) is 4.79 Å². The van der Waals surface area contributed by atoms with Crippen LogP contribution in [0.3, 0.4) is 0 Å². The van der Waals surface area contributed by atoms with Crippen LogP contribution in [-0.2, 0) is 11.2 Å². The maximum atomic E-state index is 12.4. The van der Waals surface area contributed by atoms with Crippen molar-refractivity contribution >= 4 is 11.6 Å². The highest BCUT2D eigenvalue weighted by Gasteiger charge is 2.20. The van der Waals surface area contributed by atoms with Crippen molar-refractivity contribution in [2.75, 3.05) is 50.7 Å². The predicted octanol–water partition coefficient (Wildman–Crippen LogP) is 1.99. The number of carbonyl (C=O) groups is 1. The summed E-state index contributed by atoms with van der Waals surface area (Å²) in [4.78, 5) is 19.2. The van der Waals surface area contributed by atoms with Crippen LogP contribution in [0.5, 0.6) is 0 Å². The maximum Gasteiger partial charge on any atom is 0.227 e. The molecule has 0 atom stereocenters. The van der Waals surface area contributed by atoms with Crippen molar-refractivity contribution < 1.29 is 4.79 Å². The first kappa shape index (κ1) is 15.3. The molecule has 1 amide bonds. The van der Waals surface area contributed by atoms with Gasteiger partial charge in [-0.15, -0.1) is 0 Å². The number of carbonyl (C=O) groups excluding carboxylic acids is 1. The van der Waals surface area contributed by atoms with Crippen LogP contribution < -0.4 is 4.90 Å². The van der Waals surface area contributed by atoms with Crippen LogP contribution in [0.4, 0.5) is 5.69 Å². The van der Waals surface area contributed by atoms with Crippen LogP contribution >= 0.6 is 0 Å². The van der Waals surface area contributed by atoms with E-state index in [4.69, 9.17) is 0 Å². The number of likely N-dealkylation sites (N-methyl/N-ethyl adjacent to an activating group) is 1. The van der Waals surface area contributed by atoms with Crippen LogP contribution in [0.15, 0.2) is 24.3 Å². The molecule has 2 heterocycles. The third-order valence-corrected chi connectivity index (χ3v) is 4.94. The van der Waals surface area contributed by atoms with Crippen molar-refractivity contribution in [2.24, 2.45) is 0 Å². The second kappa shape index (κ2) is 7.14. The lowest BCUT2D eigenvalue weighted by Gasteiger charge is -2.34. The fourth-order valence-electron chi connectivity index (χ4n) is 3.40. The quantitative estimate of drug-likeness (QED) is 0.851. The van der Waals surface area contributed by atoms with Crippen molar-refractivity contribution in [1.82, 2.24) is 9.80 Å². The van der Waals surface area contributed by atoms with Crippen LogP contribution in [0.2, 0.25) is 0 Å². The monoisotopic (exact) mass is 301 g/mol. The molecule has 1 aromatic rings. The molecule has 2 aliphatic heterocycles. The summed E-state index contributed by atoms with van der Waals surface area (Å²) in [5, 5.41) is 0. The zero-order chi connectivity index (χ0) is 15.4. The number of anilines is 1. The van der Waals surface area contributed by atoms with Crippen LogP contribution in [-0.4, -0.2) is 61.5 Å². The van der Waals surface area contributed by atoms with Gasteiger partial charge in [0.2, 0.25) is 5.91 Å². The molecule has 22 heavy (non-hydrogen) atoms. The van der Waals surface area contributed by atoms with Gasteiger partial charge in [-0.1, -0.05) is 19.1 Å². The van der Waals surface area contributed by atoms with Gasteiger partial charge in [0.15, 0.2) is 0 Å². The lowest BCUT2D eigenvalue weighted by Crippen LogP contribution is -2.48. The molecule has 0 spiro atoms. The number of nitrogens with zero attached hydrogens (tertiary/aromatic N) is 3. The van der Waals surface area contributed by atoms with Crippen molar-refractivity contribution in [3.63, 3.8) is 0 Å². The largest absolute Gasteiger partial charge is 0.372 e. The Balaban J connectivity index is 1.53. The third kappa shape index (κ3) is 3.61. The Hall–Kier alpha value is -1.55. The lowest BCUT2D eigenvalue weighted by atomic mass is 10.1. The highest BCUT2D eigenvalue weighted by Crippen LogP contribution is 2.20. The van der Waals surface area contributed by atoms with E-state index < -0.39 is 0 Å². The molecule has 0 unspecified atom stereocenters. The number of amides is 1. The van der Waals surface area contributed by atoms with Gasteiger partial charge in [-0.05, 0) is 37.1 Å². The first-order chi connectivity index (χ1) is 10.8. The van der Waals surface area contributed by atoms with Gasteiger partial charge in [-0.3, -0.25) is 4.79 Å². The van der Waals surface area contributed by atoms with Gasteiger partial charge in [0, 0.05) is 45.0 Å².